The van der Waals surface area contributed by atoms with Crippen LogP contribution in [0.1, 0.15) is 20.8 Å². The largest absolute Gasteiger partial charge is 0.0647 e. The molecule has 0 fully saturated rings. The molecule has 0 aliphatic rings. The summed E-state index contributed by atoms with van der Waals surface area (Å²) < 4.78 is 2.13. The first-order chi connectivity index (χ1) is 3.18. The number of rotatable bonds is 1. The van der Waals surface area contributed by atoms with Gasteiger partial charge in [0.25, 0.3) is 0 Å². The first-order valence-corrected chi connectivity index (χ1v) is 3.70. The molecule has 0 saturated heterocycles. The van der Waals surface area contributed by atoms with Gasteiger partial charge in [0.05, 0.1) is 0 Å². The molecule has 7 heavy (non-hydrogen) atoms. The first-order valence-electron chi connectivity index (χ1n) is 2.45. The van der Waals surface area contributed by atoms with E-state index in [-0.39, 0.29) is 0 Å². The van der Waals surface area contributed by atoms with Crippen LogP contribution in [0, 0.1) is 5.92 Å². The number of hydrogen-bond acceptors (Lipinski definition) is 0. The van der Waals surface area contributed by atoms with Crippen LogP contribution < -0.4 is 0 Å². The van der Waals surface area contributed by atoms with Gasteiger partial charge in [-0.2, -0.15) is 0 Å². The predicted octanol–water partition coefficient (Wildman–Crippen LogP) is 2.98. The van der Waals surface area contributed by atoms with E-state index >= 15 is 0 Å². The summed E-state index contributed by atoms with van der Waals surface area (Å²) in [4.78, 5) is 0. The molecule has 0 aromatic heterocycles. The molecule has 0 saturated carbocycles. The highest BCUT2D eigenvalue weighted by atomic mass is 127. The summed E-state index contributed by atoms with van der Waals surface area (Å²) in [6.07, 6.45) is 0. The summed E-state index contributed by atoms with van der Waals surface area (Å²) >= 11 is 2.27. The maximum absolute atomic E-state index is 2.27. The molecule has 0 unspecified atom stereocenters. The molecule has 0 atom stereocenters. The van der Waals surface area contributed by atoms with Crippen molar-refractivity contribution in [1.29, 1.82) is 0 Å². The van der Waals surface area contributed by atoms with E-state index in [0.29, 0.717) is 0 Å². The standard InChI is InChI=1S/C6H11I/c1-5(2)6(3)4-7/h4-5H,1-3H3. The van der Waals surface area contributed by atoms with E-state index in [1.165, 1.54) is 5.57 Å². The Balaban J connectivity index is 3.56. The van der Waals surface area contributed by atoms with Crippen molar-refractivity contribution in [2.75, 3.05) is 0 Å². The molecule has 0 N–H and O–H groups in total. The first kappa shape index (κ1) is 7.47. The zero-order chi connectivity index (χ0) is 5.86. The number of allylic oxidation sites excluding steroid dienone is 1. The molecule has 0 aromatic rings. The van der Waals surface area contributed by atoms with Gasteiger partial charge in [0, 0.05) is 0 Å². The second-order valence-electron chi connectivity index (χ2n) is 2.01. The fourth-order valence-electron chi connectivity index (χ4n) is 0.126. The Kier molecular flexibility index (Phi) is 3.70. The van der Waals surface area contributed by atoms with Gasteiger partial charge in [-0.05, 0) is 16.9 Å². The number of hydrogen-bond donors (Lipinski definition) is 0. The van der Waals surface area contributed by atoms with E-state index in [4.69, 9.17) is 0 Å². The Morgan fingerprint density at radius 1 is 1.57 bits per heavy atom. The van der Waals surface area contributed by atoms with Crippen molar-refractivity contribution in [3.63, 3.8) is 0 Å². The molecule has 0 rings (SSSR count). The van der Waals surface area contributed by atoms with Gasteiger partial charge in [0.15, 0.2) is 0 Å². The third-order valence-electron chi connectivity index (χ3n) is 1.08. The Labute approximate surface area is 59.1 Å². The molecule has 0 aromatic carbocycles. The molecule has 0 aliphatic carbocycles. The monoisotopic (exact) mass is 210 g/mol. The lowest BCUT2D eigenvalue weighted by Crippen LogP contribution is -1.84. The molecule has 0 amide bonds. The van der Waals surface area contributed by atoms with Crippen molar-refractivity contribution in [2.45, 2.75) is 20.8 Å². The van der Waals surface area contributed by atoms with Gasteiger partial charge in [0.1, 0.15) is 0 Å². The van der Waals surface area contributed by atoms with E-state index < -0.39 is 0 Å². The summed E-state index contributed by atoms with van der Waals surface area (Å²) in [5, 5.41) is 0. The molecule has 0 aliphatic heterocycles. The quantitative estimate of drug-likeness (QED) is 0.583. The van der Waals surface area contributed by atoms with Gasteiger partial charge < -0.3 is 0 Å². The fraction of sp³-hybridized carbons (Fsp3) is 0.667. The zero-order valence-corrected chi connectivity index (χ0v) is 7.19. The van der Waals surface area contributed by atoms with Gasteiger partial charge in [-0.25, -0.2) is 0 Å². The van der Waals surface area contributed by atoms with Crippen molar-refractivity contribution < 1.29 is 0 Å². The van der Waals surface area contributed by atoms with Gasteiger partial charge in [-0.1, -0.05) is 42.0 Å². The van der Waals surface area contributed by atoms with Crippen molar-refractivity contribution in [2.24, 2.45) is 5.92 Å². The van der Waals surface area contributed by atoms with Crippen molar-refractivity contribution in [3.8, 4) is 0 Å². The minimum Gasteiger partial charge on any atom is -0.0647 e. The highest BCUT2D eigenvalue weighted by Gasteiger charge is 1.91. The maximum atomic E-state index is 2.27. The molecule has 42 valence electrons. The highest BCUT2D eigenvalue weighted by molar-refractivity contribution is 14.1. The smallest absolute Gasteiger partial charge is 0.0242 e. The molecule has 0 bridgehead atoms. The van der Waals surface area contributed by atoms with E-state index in [2.05, 4.69) is 47.4 Å². The molecular formula is C6H11I. The normalized spacial score (nSPS) is 13.0. The average Bonchev–Trinajstić information content (AvgIpc) is 1.65. The minimum absolute atomic E-state index is 0.719. The van der Waals surface area contributed by atoms with Gasteiger partial charge >= 0.3 is 0 Å². The second-order valence-corrected chi connectivity index (χ2v) is 2.63. The van der Waals surface area contributed by atoms with Crippen LogP contribution in [-0.2, 0) is 0 Å². The third-order valence-corrected chi connectivity index (χ3v) is 2.07. The molecule has 0 heterocycles. The maximum Gasteiger partial charge on any atom is -0.0242 e. The third kappa shape index (κ3) is 3.09. The lowest BCUT2D eigenvalue weighted by atomic mass is 10.1. The second kappa shape index (κ2) is 3.47. The van der Waals surface area contributed by atoms with Crippen LogP contribution in [0.2, 0.25) is 0 Å². The fourth-order valence-corrected chi connectivity index (χ4v) is 0.845. The van der Waals surface area contributed by atoms with Crippen LogP contribution in [0.5, 0.6) is 0 Å². The average molecular weight is 210 g/mol. The van der Waals surface area contributed by atoms with Crippen molar-refractivity contribution in [3.05, 3.63) is 9.66 Å². The van der Waals surface area contributed by atoms with Crippen molar-refractivity contribution in [1.82, 2.24) is 0 Å². The Morgan fingerprint density at radius 2 is 2.00 bits per heavy atom. The Hall–Kier alpha value is 0.470. The molecule has 1 heteroatoms. The van der Waals surface area contributed by atoms with Crippen LogP contribution in [-0.4, -0.2) is 0 Å². The molecule has 0 nitrogen and oxygen atoms in total. The molecule has 0 radical (unpaired) electrons. The van der Waals surface area contributed by atoms with Crippen LogP contribution in [0.4, 0.5) is 0 Å². The SMILES string of the molecule is CC(=CI)C(C)C. The van der Waals surface area contributed by atoms with Crippen LogP contribution in [0.3, 0.4) is 0 Å². The Morgan fingerprint density at radius 3 is 2.00 bits per heavy atom. The van der Waals surface area contributed by atoms with Crippen LogP contribution >= 0.6 is 22.6 Å². The topological polar surface area (TPSA) is 0 Å². The van der Waals surface area contributed by atoms with Crippen LogP contribution in [0.25, 0.3) is 0 Å². The van der Waals surface area contributed by atoms with Gasteiger partial charge in [-0.3, -0.25) is 0 Å². The van der Waals surface area contributed by atoms with Gasteiger partial charge in [0.2, 0.25) is 0 Å². The Bertz CT molecular complexity index is 72.2. The highest BCUT2D eigenvalue weighted by Crippen LogP contribution is 2.09. The van der Waals surface area contributed by atoms with Gasteiger partial charge in [-0.15, -0.1) is 0 Å². The lowest BCUT2D eigenvalue weighted by molar-refractivity contribution is 0.773. The summed E-state index contributed by atoms with van der Waals surface area (Å²) in [5.41, 5.74) is 1.46. The van der Waals surface area contributed by atoms with Crippen LogP contribution in [0.15, 0.2) is 9.66 Å². The lowest BCUT2D eigenvalue weighted by Gasteiger charge is -1.99. The van der Waals surface area contributed by atoms with E-state index in [1.54, 1.807) is 0 Å². The van der Waals surface area contributed by atoms with Crippen molar-refractivity contribution >= 4 is 22.6 Å². The summed E-state index contributed by atoms with van der Waals surface area (Å²) in [7, 11) is 0. The number of halogens is 1. The minimum atomic E-state index is 0.719. The predicted molar refractivity (Wildman–Crippen MR) is 42.6 cm³/mol. The molecule has 0 spiro atoms. The van der Waals surface area contributed by atoms with E-state index in [0.717, 1.165) is 5.92 Å². The van der Waals surface area contributed by atoms with E-state index in [1.807, 2.05) is 0 Å². The zero-order valence-electron chi connectivity index (χ0n) is 5.03. The summed E-state index contributed by atoms with van der Waals surface area (Å²) in [6, 6.07) is 0. The summed E-state index contributed by atoms with van der Waals surface area (Å²) in [5.74, 6) is 0.719. The summed E-state index contributed by atoms with van der Waals surface area (Å²) in [6.45, 7) is 6.55. The van der Waals surface area contributed by atoms with E-state index in [9.17, 15) is 0 Å². The molecular weight excluding hydrogens is 199 g/mol.